The molecule has 1 aliphatic rings. The van der Waals surface area contributed by atoms with Gasteiger partial charge < -0.3 is 9.64 Å². The number of carbonyl (C=O) groups excluding carboxylic acids is 3. The summed E-state index contributed by atoms with van der Waals surface area (Å²) in [6.07, 6.45) is 2.05. The highest BCUT2D eigenvalue weighted by molar-refractivity contribution is 7.99. The summed E-state index contributed by atoms with van der Waals surface area (Å²) in [5.41, 5.74) is -0.158. The number of fused-ring (bicyclic) bond motifs is 1. The molecule has 8 nitrogen and oxygen atoms in total. The molecule has 1 fully saturated rings. The Balaban J connectivity index is 1.96. The maximum atomic E-state index is 13.5. The maximum Gasteiger partial charge on any atom is 0.348 e. The van der Waals surface area contributed by atoms with Gasteiger partial charge in [0.25, 0.3) is 5.56 Å². The number of ketones is 1. The van der Waals surface area contributed by atoms with Gasteiger partial charge in [-0.1, -0.05) is 32.5 Å². The number of Topliss-reactive ketones (excluding diaryl/α,β-unsaturated/α-hetero) is 1. The van der Waals surface area contributed by atoms with Gasteiger partial charge in [0.1, 0.15) is 15.5 Å². The Kier molecular flexibility index (Phi) is 8.00. The Labute approximate surface area is 201 Å². The van der Waals surface area contributed by atoms with E-state index in [2.05, 4.69) is 4.98 Å². The molecule has 33 heavy (non-hydrogen) atoms. The number of esters is 1. The minimum Gasteiger partial charge on any atom is -0.462 e. The van der Waals surface area contributed by atoms with Crippen LogP contribution in [0.25, 0.3) is 10.2 Å². The van der Waals surface area contributed by atoms with E-state index in [9.17, 15) is 19.2 Å². The third-order valence-corrected chi connectivity index (χ3v) is 7.77. The average Bonchev–Trinajstić information content (AvgIpc) is 3.30. The standard InChI is InChI=1S/C23H31N3O5S2/c1-6-31-21(30)18-14(2)17-19(33-18)24-22(32-13-15(27)23(3,4)5)26(20(17)29)12-8-11-25-10-7-9-16(25)28/h6-13H2,1-5H3. The first-order chi connectivity index (χ1) is 15.5. The number of carbonyl (C=O) groups is 3. The topological polar surface area (TPSA) is 98.6 Å². The minimum atomic E-state index is -0.491. The van der Waals surface area contributed by atoms with E-state index < -0.39 is 11.4 Å². The van der Waals surface area contributed by atoms with Crippen LogP contribution in [-0.4, -0.2) is 57.6 Å². The second kappa shape index (κ2) is 10.4. The van der Waals surface area contributed by atoms with Crippen molar-refractivity contribution >= 4 is 51.0 Å². The number of rotatable bonds is 9. The number of nitrogens with zero attached hydrogens (tertiary/aromatic N) is 3. The number of thioether (sulfide) groups is 1. The van der Waals surface area contributed by atoms with E-state index in [1.54, 1.807) is 18.4 Å². The molecule has 0 radical (unpaired) electrons. The summed E-state index contributed by atoms with van der Waals surface area (Å²) in [6, 6.07) is 0. The monoisotopic (exact) mass is 493 g/mol. The highest BCUT2D eigenvalue weighted by Crippen LogP contribution is 2.30. The normalized spacial score (nSPS) is 14.3. The number of hydrogen-bond acceptors (Lipinski definition) is 8. The van der Waals surface area contributed by atoms with Gasteiger partial charge in [-0.25, -0.2) is 9.78 Å². The number of hydrogen-bond donors (Lipinski definition) is 0. The molecule has 0 spiro atoms. The first kappa shape index (κ1) is 25.4. The number of aromatic nitrogens is 2. The molecule has 2 aromatic heterocycles. The van der Waals surface area contributed by atoms with E-state index in [4.69, 9.17) is 4.74 Å². The third-order valence-electron chi connectivity index (χ3n) is 5.63. The van der Waals surface area contributed by atoms with Crippen LogP contribution in [0.4, 0.5) is 0 Å². The second-order valence-electron chi connectivity index (χ2n) is 9.11. The lowest BCUT2D eigenvalue weighted by atomic mass is 9.92. The molecule has 1 amide bonds. The molecular formula is C23H31N3O5S2. The molecule has 1 aliphatic heterocycles. The van der Waals surface area contributed by atoms with Crippen LogP contribution in [0.5, 0.6) is 0 Å². The molecule has 10 heteroatoms. The Bertz CT molecular complexity index is 1130. The van der Waals surface area contributed by atoms with Crippen LogP contribution in [0.1, 0.15) is 62.2 Å². The summed E-state index contributed by atoms with van der Waals surface area (Å²) in [7, 11) is 0. The summed E-state index contributed by atoms with van der Waals surface area (Å²) in [5.74, 6) is -0.0606. The molecule has 0 atom stereocenters. The highest BCUT2D eigenvalue weighted by atomic mass is 32.2. The summed E-state index contributed by atoms with van der Waals surface area (Å²) >= 11 is 2.38. The molecule has 2 aromatic rings. The summed E-state index contributed by atoms with van der Waals surface area (Å²) < 4.78 is 6.72. The number of likely N-dealkylation sites (tertiary alicyclic amines) is 1. The first-order valence-electron chi connectivity index (χ1n) is 11.2. The fourth-order valence-electron chi connectivity index (χ4n) is 3.60. The van der Waals surface area contributed by atoms with Gasteiger partial charge in [-0.2, -0.15) is 0 Å². The van der Waals surface area contributed by atoms with E-state index >= 15 is 0 Å². The predicted molar refractivity (Wildman–Crippen MR) is 130 cm³/mol. The molecular weight excluding hydrogens is 462 g/mol. The van der Waals surface area contributed by atoms with Crippen LogP contribution in [0, 0.1) is 12.3 Å². The Hall–Kier alpha value is -2.20. The summed E-state index contributed by atoms with van der Waals surface area (Å²) in [6.45, 7) is 11.0. The molecule has 0 N–H and O–H groups in total. The lowest BCUT2D eigenvalue weighted by Crippen LogP contribution is -2.29. The summed E-state index contributed by atoms with van der Waals surface area (Å²) in [5, 5.41) is 0.862. The second-order valence-corrected chi connectivity index (χ2v) is 11.0. The van der Waals surface area contributed by atoms with Gasteiger partial charge in [0.2, 0.25) is 5.91 Å². The van der Waals surface area contributed by atoms with Crippen LogP contribution in [0.15, 0.2) is 9.95 Å². The van der Waals surface area contributed by atoms with Crippen molar-refractivity contribution in [3.05, 3.63) is 20.8 Å². The van der Waals surface area contributed by atoms with Crippen LogP contribution < -0.4 is 5.56 Å². The fourth-order valence-corrected chi connectivity index (χ4v) is 5.91. The molecule has 0 saturated carbocycles. The zero-order chi connectivity index (χ0) is 24.3. The molecule has 3 rings (SSSR count). The van der Waals surface area contributed by atoms with E-state index in [0.29, 0.717) is 51.7 Å². The van der Waals surface area contributed by atoms with Crippen LogP contribution in [-0.2, 0) is 20.9 Å². The third kappa shape index (κ3) is 5.66. The zero-order valence-electron chi connectivity index (χ0n) is 19.9. The van der Waals surface area contributed by atoms with E-state index in [1.807, 2.05) is 25.7 Å². The molecule has 0 unspecified atom stereocenters. The van der Waals surface area contributed by atoms with Gasteiger partial charge in [-0.3, -0.25) is 19.0 Å². The van der Waals surface area contributed by atoms with Crippen molar-refractivity contribution in [2.24, 2.45) is 5.41 Å². The van der Waals surface area contributed by atoms with Crippen molar-refractivity contribution in [1.82, 2.24) is 14.5 Å². The van der Waals surface area contributed by atoms with Crippen molar-refractivity contribution < 1.29 is 19.1 Å². The molecule has 1 saturated heterocycles. The van der Waals surface area contributed by atoms with Gasteiger partial charge in [0.15, 0.2) is 5.16 Å². The number of aryl methyl sites for hydroxylation is 1. The molecule has 180 valence electrons. The number of ether oxygens (including phenoxy) is 1. The molecule has 0 aromatic carbocycles. The van der Waals surface area contributed by atoms with Gasteiger partial charge in [-0.15, -0.1) is 11.3 Å². The van der Waals surface area contributed by atoms with Gasteiger partial charge in [0, 0.05) is 31.5 Å². The molecule has 0 aliphatic carbocycles. The molecule has 0 bridgehead atoms. The highest BCUT2D eigenvalue weighted by Gasteiger charge is 2.25. The lowest BCUT2D eigenvalue weighted by molar-refractivity contribution is -0.127. The van der Waals surface area contributed by atoms with Gasteiger partial charge in [-0.05, 0) is 32.3 Å². The van der Waals surface area contributed by atoms with E-state index in [0.717, 1.165) is 24.3 Å². The smallest absolute Gasteiger partial charge is 0.348 e. The number of thiophene rings is 1. The van der Waals surface area contributed by atoms with Crippen molar-refractivity contribution in [3.8, 4) is 0 Å². The van der Waals surface area contributed by atoms with Gasteiger partial charge in [0.05, 0.1) is 17.7 Å². The van der Waals surface area contributed by atoms with E-state index in [-0.39, 0.29) is 29.6 Å². The van der Waals surface area contributed by atoms with Crippen LogP contribution in [0.2, 0.25) is 0 Å². The Morgan fingerprint density at radius 1 is 1.21 bits per heavy atom. The average molecular weight is 494 g/mol. The first-order valence-corrected chi connectivity index (χ1v) is 13.0. The van der Waals surface area contributed by atoms with Crippen molar-refractivity contribution in [1.29, 1.82) is 0 Å². The summed E-state index contributed by atoms with van der Waals surface area (Å²) in [4.78, 5) is 57.6. The van der Waals surface area contributed by atoms with Crippen molar-refractivity contribution in [2.45, 2.75) is 65.6 Å². The van der Waals surface area contributed by atoms with E-state index in [1.165, 1.54) is 11.8 Å². The molecule has 3 heterocycles. The van der Waals surface area contributed by atoms with Crippen molar-refractivity contribution in [2.75, 3.05) is 25.4 Å². The quantitative estimate of drug-likeness (QED) is 0.299. The largest absolute Gasteiger partial charge is 0.462 e. The number of amides is 1. The SMILES string of the molecule is CCOC(=O)c1sc2nc(SCC(=O)C(C)(C)C)n(CCCN3CCCC3=O)c(=O)c2c1C. The lowest BCUT2D eigenvalue weighted by Gasteiger charge is -2.18. The Morgan fingerprint density at radius 2 is 1.94 bits per heavy atom. The van der Waals surface area contributed by atoms with Gasteiger partial charge >= 0.3 is 5.97 Å². The van der Waals surface area contributed by atoms with Crippen LogP contribution >= 0.6 is 23.1 Å². The van der Waals surface area contributed by atoms with Crippen LogP contribution in [0.3, 0.4) is 0 Å². The Morgan fingerprint density at radius 3 is 2.55 bits per heavy atom. The predicted octanol–water partition coefficient (Wildman–Crippen LogP) is 3.66. The minimum absolute atomic E-state index is 0.0608. The van der Waals surface area contributed by atoms with Crippen molar-refractivity contribution in [3.63, 3.8) is 0 Å². The zero-order valence-corrected chi connectivity index (χ0v) is 21.5. The fraction of sp³-hybridized carbons (Fsp3) is 0.609. The maximum absolute atomic E-state index is 13.5.